The van der Waals surface area contributed by atoms with Gasteiger partial charge in [0.05, 0.1) is 28.3 Å². The van der Waals surface area contributed by atoms with Gasteiger partial charge in [-0.2, -0.15) is 0 Å². The van der Waals surface area contributed by atoms with Gasteiger partial charge in [-0.15, -0.1) is 0 Å². The molecule has 1 aromatic rings. The molecule has 0 unspecified atom stereocenters. The van der Waals surface area contributed by atoms with Crippen LogP contribution in [-0.4, -0.2) is 65.8 Å². The molecular formula is C14H24N2O6S. The van der Waals surface area contributed by atoms with Gasteiger partial charge in [-0.1, -0.05) is 6.07 Å². The van der Waals surface area contributed by atoms with Crippen molar-refractivity contribution in [2.24, 2.45) is 0 Å². The zero-order chi connectivity index (χ0) is 18.3. The highest BCUT2D eigenvalue weighted by Crippen LogP contribution is 2.23. The number of rotatable bonds is 4. The molecule has 0 aliphatic heterocycles. The van der Waals surface area contributed by atoms with Gasteiger partial charge in [0, 0.05) is 19.7 Å². The minimum absolute atomic E-state index is 0.328. The van der Waals surface area contributed by atoms with Crippen LogP contribution < -0.4 is 9.22 Å². The largest absolute Gasteiger partial charge is 0.726 e. The highest BCUT2D eigenvalue weighted by molar-refractivity contribution is 7.80. The van der Waals surface area contributed by atoms with E-state index in [1.165, 1.54) is 4.90 Å². The lowest BCUT2D eigenvalue weighted by Gasteiger charge is -2.23. The molecule has 0 fully saturated rings. The molecule has 23 heavy (non-hydrogen) atoms. The number of nitrogens with zero attached hydrogens (tertiary/aromatic N) is 2. The number of hydrogen-bond acceptors (Lipinski definition) is 6. The smallest absolute Gasteiger partial charge is 0.414 e. The summed E-state index contributed by atoms with van der Waals surface area (Å²) in [4.78, 5) is 13.1. The van der Waals surface area contributed by atoms with Crippen molar-refractivity contribution in [1.82, 2.24) is 9.38 Å². The molecule has 1 amide bonds. The zero-order valence-electron chi connectivity index (χ0n) is 14.3. The lowest BCUT2D eigenvalue weighted by molar-refractivity contribution is 0.165. The monoisotopic (exact) mass is 348 g/mol. The van der Waals surface area contributed by atoms with Crippen LogP contribution in [0.15, 0.2) is 24.3 Å². The number of benzene rings is 1. The van der Waals surface area contributed by atoms with Gasteiger partial charge < -0.3 is 14.2 Å². The lowest BCUT2D eigenvalue weighted by atomic mass is 10.2. The summed E-state index contributed by atoms with van der Waals surface area (Å²) < 4.78 is 37.0. The minimum atomic E-state index is -4.41. The van der Waals surface area contributed by atoms with E-state index in [2.05, 4.69) is 25.3 Å². The average Bonchev–Trinajstić information content (AvgIpc) is 2.45. The Morgan fingerprint density at radius 1 is 1.30 bits per heavy atom. The first-order valence-corrected chi connectivity index (χ1v) is 8.10. The summed E-state index contributed by atoms with van der Waals surface area (Å²) in [6, 6.07) is 7.59. The van der Waals surface area contributed by atoms with E-state index in [9.17, 15) is 17.8 Å². The number of quaternary nitrogens is 1. The molecule has 0 saturated carbocycles. The summed E-state index contributed by atoms with van der Waals surface area (Å²) in [5.41, 5.74) is 1.09. The van der Waals surface area contributed by atoms with Crippen molar-refractivity contribution in [2.75, 3.05) is 41.8 Å². The van der Waals surface area contributed by atoms with E-state index >= 15 is 0 Å². The SMILES string of the molecule is CCN(C)C(=O)Oc1cccc([N+](C)(C)C)c1.COS(=O)(=O)[O-]. The maximum Gasteiger partial charge on any atom is 0.414 e. The fourth-order valence-electron chi connectivity index (χ4n) is 1.27. The van der Waals surface area contributed by atoms with Crippen molar-refractivity contribution in [3.63, 3.8) is 0 Å². The number of carbonyl (C=O) groups excluding carboxylic acids is 1. The third-order valence-corrected chi connectivity index (χ3v) is 3.20. The van der Waals surface area contributed by atoms with E-state index < -0.39 is 10.4 Å². The molecule has 0 atom stereocenters. The van der Waals surface area contributed by atoms with Crippen molar-refractivity contribution < 1.29 is 26.7 Å². The van der Waals surface area contributed by atoms with Crippen LogP contribution >= 0.6 is 0 Å². The quantitative estimate of drug-likeness (QED) is 0.464. The van der Waals surface area contributed by atoms with Gasteiger partial charge in [-0.05, 0) is 19.1 Å². The van der Waals surface area contributed by atoms with Crippen LogP contribution in [0.25, 0.3) is 0 Å². The molecule has 0 radical (unpaired) electrons. The van der Waals surface area contributed by atoms with E-state index in [1.54, 1.807) is 13.1 Å². The van der Waals surface area contributed by atoms with Gasteiger partial charge >= 0.3 is 6.09 Å². The van der Waals surface area contributed by atoms with Crippen molar-refractivity contribution in [3.05, 3.63) is 24.3 Å². The molecule has 9 heteroatoms. The molecule has 0 aliphatic carbocycles. The maximum absolute atomic E-state index is 11.6. The Bertz CT molecular complexity index is 610. The Hall–Kier alpha value is -1.68. The van der Waals surface area contributed by atoms with Crippen LogP contribution in [0.2, 0.25) is 0 Å². The molecule has 0 spiro atoms. The summed E-state index contributed by atoms with van der Waals surface area (Å²) in [5.74, 6) is 0.584. The fourth-order valence-corrected chi connectivity index (χ4v) is 1.27. The van der Waals surface area contributed by atoms with Gasteiger partial charge in [0.25, 0.3) is 0 Å². The molecule has 0 bridgehead atoms. The molecule has 132 valence electrons. The van der Waals surface area contributed by atoms with Crippen molar-refractivity contribution >= 4 is 22.2 Å². The molecular weight excluding hydrogens is 324 g/mol. The number of ether oxygens (including phenoxy) is 1. The molecule has 0 aromatic heterocycles. The van der Waals surface area contributed by atoms with E-state index in [4.69, 9.17) is 4.74 Å². The van der Waals surface area contributed by atoms with Gasteiger partial charge in [0.15, 0.2) is 0 Å². The number of amides is 1. The van der Waals surface area contributed by atoms with E-state index in [1.807, 2.05) is 25.1 Å². The van der Waals surface area contributed by atoms with Crippen LogP contribution in [0.4, 0.5) is 10.5 Å². The Balaban J connectivity index is 0.000000688. The Morgan fingerprint density at radius 3 is 2.22 bits per heavy atom. The second-order valence-corrected chi connectivity index (χ2v) is 6.62. The highest BCUT2D eigenvalue weighted by atomic mass is 32.3. The van der Waals surface area contributed by atoms with Crippen LogP contribution in [0, 0.1) is 0 Å². The second-order valence-electron chi connectivity index (χ2n) is 5.47. The Morgan fingerprint density at radius 2 is 1.83 bits per heavy atom. The molecule has 1 aromatic carbocycles. The van der Waals surface area contributed by atoms with E-state index in [0.29, 0.717) is 16.8 Å². The summed E-state index contributed by atoms with van der Waals surface area (Å²) >= 11 is 0. The van der Waals surface area contributed by atoms with Crippen molar-refractivity contribution in [1.29, 1.82) is 0 Å². The second kappa shape index (κ2) is 8.82. The number of carbonyl (C=O) groups is 1. The Labute approximate surface area is 137 Å². The summed E-state index contributed by atoms with van der Waals surface area (Å²) in [6.45, 7) is 2.54. The molecule has 1 rings (SSSR count). The molecule has 0 heterocycles. The van der Waals surface area contributed by atoms with Crippen LogP contribution in [0.5, 0.6) is 5.75 Å². The van der Waals surface area contributed by atoms with Crippen molar-refractivity contribution in [3.8, 4) is 5.75 Å². The van der Waals surface area contributed by atoms with Crippen LogP contribution in [-0.2, 0) is 14.6 Å². The standard InChI is InChI=1S/C13H21N2O2.CH4O4S/c1-6-14(2)13(16)17-12-9-7-8-11(10-12)15(3,4)5;1-5-6(2,3)4/h7-10H,6H2,1-5H3;1H3,(H,2,3,4)/q+1;/p-1. The molecule has 0 saturated heterocycles. The van der Waals surface area contributed by atoms with Crippen LogP contribution in [0.1, 0.15) is 6.92 Å². The van der Waals surface area contributed by atoms with E-state index in [0.717, 1.165) is 12.8 Å². The third-order valence-electron chi connectivity index (χ3n) is 2.79. The summed E-state index contributed by atoms with van der Waals surface area (Å²) in [6.07, 6.45) is -0.328. The average molecular weight is 348 g/mol. The first-order chi connectivity index (χ1) is 10.4. The first kappa shape index (κ1) is 21.3. The number of hydrogen-bond donors (Lipinski definition) is 0. The topological polar surface area (TPSA) is 96.0 Å². The fraction of sp³-hybridized carbons (Fsp3) is 0.500. The van der Waals surface area contributed by atoms with Crippen LogP contribution in [0.3, 0.4) is 0 Å². The lowest BCUT2D eigenvalue weighted by Crippen LogP contribution is -2.34. The van der Waals surface area contributed by atoms with Crippen molar-refractivity contribution in [2.45, 2.75) is 6.92 Å². The molecule has 8 nitrogen and oxygen atoms in total. The van der Waals surface area contributed by atoms with Gasteiger partial charge in [-0.25, -0.2) is 13.2 Å². The Kier molecular flexibility index (Phi) is 8.18. The normalized spacial score (nSPS) is 11.3. The zero-order valence-corrected chi connectivity index (χ0v) is 15.1. The first-order valence-electron chi connectivity index (χ1n) is 6.77. The highest BCUT2D eigenvalue weighted by Gasteiger charge is 2.15. The van der Waals surface area contributed by atoms with E-state index in [-0.39, 0.29) is 6.09 Å². The molecule has 0 aliphatic rings. The third kappa shape index (κ3) is 9.14. The summed E-state index contributed by atoms with van der Waals surface area (Å²) in [7, 11) is 4.32. The predicted octanol–water partition coefficient (Wildman–Crippen LogP) is 1.43. The summed E-state index contributed by atoms with van der Waals surface area (Å²) in [5, 5.41) is 0. The van der Waals surface area contributed by atoms with Gasteiger partial charge in [0.1, 0.15) is 11.4 Å². The van der Waals surface area contributed by atoms with Gasteiger partial charge in [-0.3, -0.25) is 8.67 Å². The van der Waals surface area contributed by atoms with Gasteiger partial charge in [0.2, 0.25) is 10.4 Å². The maximum atomic E-state index is 11.6. The molecule has 0 N–H and O–H groups in total. The minimum Gasteiger partial charge on any atom is -0.726 e. The predicted molar refractivity (Wildman–Crippen MR) is 87.0 cm³/mol.